The predicted octanol–water partition coefficient (Wildman–Crippen LogP) is 3.25. The van der Waals surface area contributed by atoms with Gasteiger partial charge in [-0.1, -0.05) is 11.6 Å². The van der Waals surface area contributed by atoms with E-state index in [1.807, 2.05) is 6.92 Å². The van der Waals surface area contributed by atoms with E-state index in [-0.39, 0.29) is 5.91 Å². The van der Waals surface area contributed by atoms with E-state index in [0.29, 0.717) is 33.2 Å². The Bertz CT molecular complexity index is 898. The second-order valence-corrected chi connectivity index (χ2v) is 5.29. The van der Waals surface area contributed by atoms with Crippen molar-refractivity contribution < 1.29 is 9.53 Å². The number of hydrogen-bond acceptors (Lipinski definition) is 5. The van der Waals surface area contributed by atoms with E-state index < -0.39 is 0 Å². The molecule has 6 nitrogen and oxygen atoms in total. The molecule has 1 aromatic carbocycles. The van der Waals surface area contributed by atoms with Crippen LogP contribution in [0, 0.1) is 6.92 Å². The lowest BCUT2D eigenvalue weighted by Crippen LogP contribution is -2.13. The van der Waals surface area contributed by atoms with Gasteiger partial charge < -0.3 is 10.1 Å². The van der Waals surface area contributed by atoms with Gasteiger partial charge in [-0.3, -0.25) is 9.78 Å². The topological polar surface area (TPSA) is 77.0 Å². The second-order valence-electron chi connectivity index (χ2n) is 4.88. The number of anilines is 1. The standard InChI is InChI=1S/C16H13ClN4O2/c1-9-5-12(14(23-2)7-11(9)17)21-16(22)10-6-13-15(20-8-10)19-4-3-18-13/h3-8H,1-2H3,(H,21,22). The first-order valence-corrected chi connectivity index (χ1v) is 7.18. The molecular weight excluding hydrogens is 316 g/mol. The van der Waals surface area contributed by atoms with Gasteiger partial charge in [0.1, 0.15) is 11.3 Å². The zero-order chi connectivity index (χ0) is 16.4. The summed E-state index contributed by atoms with van der Waals surface area (Å²) in [7, 11) is 1.52. The summed E-state index contributed by atoms with van der Waals surface area (Å²) >= 11 is 6.07. The molecule has 0 atom stereocenters. The molecule has 0 spiro atoms. The summed E-state index contributed by atoms with van der Waals surface area (Å²) in [4.78, 5) is 24.8. The highest BCUT2D eigenvalue weighted by Gasteiger charge is 2.13. The number of methoxy groups -OCH3 is 1. The molecule has 0 aliphatic rings. The van der Waals surface area contributed by atoms with Crippen molar-refractivity contribution in [2.24, 2.45) is 0 Å². The summed E-state index contributed by atoms with van der Waals surface area (Å²) in [5, 5.41) is 3.37. The van der Waals surface area contributed by atoms with Crippen LogP contribution in [0.1, 0.15) is 15.9 Å². The average molecular weight is 329 g/mol. The lowest BCUT2D eigenvalue weighted by atomic mass is 10.2. The van der Waals surface area contributed by atoms with E-state index in [1.165, 1.54) is 13.3 Å². The van der Waals surface area contributed by atoms with Gasteiger partial charge in [-0.25, -0.2) is 9.97 Å². The van der Waals surface area contributed by atoms with E-state index in [2.05, 4.69) is 20.3 Å². The number of carbonyl (C=O) groups is 1. The van der Waals surface area contributed by atoms with Crippen molar-refractivity contribution in [1.82, 2.24) is 15.0 Å². The number of pyridine rings is 1. The summed E-state index contributed by atoms with van der Waals surface area (Å²) < 4.78 is 5.25. The maximum absolute atomic E-state index is 12.4. The van der Waals surface area contributed by atoms with Gasteiger partial charge in [-0.05, 0) is 24.6 Å². The number of nitrogens with zero attached hydrogens (tertiary/aromatic N) is 3. The number of hydrogen-bond donors (Lipinski definition) is 1. The molecule has 3 aromatic rings. The number of ether oxygens (including phenoxy) is 1. The Morgan fingerprint density at radius 3 is 2.74 bits per heavy atom. The van der Waals surface area contributed by atoms with Crippen molar-refractivity contribution in [3.05, 3.63) is 52.9 Å². The maximum Gasteiger partial charge on any atom is 0.257 e. The number of aryl methyl sites for hydroxylation is 1. The molecule has 116 valence electrons. The van der Waals surface area contributed by atoms with Crippen molar-refractivity contribution in [2.75, 3.05) is 12.4 Å². The van der Waals surface area contributed by atoms with Crippen LogP contribution in [-0.4, -0.2) is 28.0 Å². The number of benzene rings is 1. The molecule has 0 unspecified atom stereocenters. The maximum atomic E-state index is 12.4. The van der Waals surface area contributed by atoms with E-state index in [0.717, 1.165) is 5.56 Å². The first-order chi connectivity index (χ1) is 11.1. The Balaban J connectivity index is 1.93. The van der Waals surface area contributed by atoms with Gasteiger partial charge >= 0.3 is 0 Å². The number of carbonyl (C=O) groups excluding carboxylic acids is 1. The molecule has 0 aliphatic heterocycles. The van der Waals surface area contributed by atoms with Crippen LogP contribution in [0.2, 0.25) is 5.02 Å². The molecule has 0 fully saturated rings. The normalized spacial score (nSPS) is 10.6. The summed E-state index contributed by atoms with van der Waals surface area (Å²) in [6, 6.07) is 5.06. The van der Waals surface area contributed by atoms with Crippen LogP contribution in [0.25, 0.3) is 11.2 Å². The number of fused-ring (bicyclic) bond motifs is 1. The third-order valence-electron chi connectivity index (χ3n) is 3.32. The summed E-state index contributed by atoms with van der Waals surface area (Å²) in [5.41, 5.74) is 2.81. The molecule has 3 rings (SSSR count). The average Bonchev–Trinajstić information content (AvgIpc) is 2.57. The minimum Gasteiger partial charge on any atom is -0.495 e. The van der Waals surface area contributed by atoms with Crippen molar-refractivity contribution in [3.8, 4) is 5.75 Å². The fourth-order valence-corrected chi connectivity index (χ4v) is 2.26. The largest absolute Gasteiger partial charge is 0.495 e. The third-order valence-corrected chi connectivity index (χ3v) is 3.72. The molecule has 2 aromatic heterocycles. The van der Waals surface area contributed by atoms with Crippen LogP contribution >= 0.6 is 11.6 Å². The first-order valence-electron chi connectivity index (χ1n) is 6.80. The van der Waals surface area contributed by atoms with Gasteiger partial charge in [-0.15, -0.1) is 0 Å². The van der Waals surface area contributed by atoms with Crippen LogP contribution < -0.4 is 10.1 Å². The molecule has 1 N–H and O–H groups in total. The molecule has 2 heterocycles. The van der Waals surface area contributed by atoms with Crippen molar-refractivity contribution in [3.63, 3.8) is 0 Å². The molecule has 0 bridgehead atoms. The lowest BCUT2D eigenvalue weighted by molar-refractivity contribution is 0.102. The SMILES string of the molecule is COc1cc(Cl)c(C)cc1NC(=O)c1cnc2nccnc2c1. The molecule has 1 amide bonds. The van der Waals surface area contributed by atoms with Crippen molar-refractivity contribution in [2.45, 2.75) is 6.92 Å². The highest BCUT2D eigenvalue weighted by molar-refractivity contribution is 6.31. The summed E-state index contributed by atoms with van der Waals surface area (Å²) in [6.45, 7) is 1.85. The van der Waals surface area contributed by atoms with Gasteiger partial charge in [0.25, 0.3) is 5.91 Å². The Hall–Kier alpha value is -2.73. The van der Waals surface area contributed by atoms with Crippen molar-refractivity contribution in [1.29, 1.82) is 0 Å². The van der Waals surface area contributed by atoms with Crippen LogP contribution in [-0.2, 0) is 0 Å². The smallest absolute Gasteiger partial charge is 0.257 e. The van der Waals surface area contributed by atoms with E-state index in [4.69, 9.17) is 16.3 Å². The zero-order valence-electron chi connectivity index (χ0n) is 12.5. The van der Waals surface area contributed by atoms with E-state index in [9.17, 15) is 4.79 Å². The van der Waals surface area contributed by atoms with Gasteiger partial charge in [0, 0.05) is 29.7 Å². The van der Waals surface area contributed by atoms with E-state index in [1.54, 1.807) is 30.6 Å². The van der Waals surface area contributed by atoms with Crippen LogP contribution in [0.4, 0.5) is 5.69 Å². The highest BCUT2D eigenvalue weighted by atomic mass is 35.5. The van der Waals surface area contributed by atoms with Crippen LogP contribution in [0.3, 0.4) is 0 Å². The quantitative estimate of drug-likeness (QED) is 0.798. The number of rotatable bonds is 3. The number of aromatic nitrogens is 3. The van der Waals surface area contributed by atoms with Crippen LogP contribution in [0.5, 0.6) is 5.75 Å². The van der Waals surface area contributed by atoms with E-state index >= 15 is 0 Å². The number of amides is 1. The molecular formula is C16H13ClN4O2. The first kappa shape index (κ1) is 15.2. The minimum absolute atomic E-state index is 0.315. The molecule has 23 heavy (non-hydrogen) atoms. The minimum atomic E-state index is -0.315. The summed E-state index contributed by atoms with van der Waals surface area (Å²) in [5.74, 6) is 0.174. The molecule has 0 aliphatic carbocycles. The second kappa shape index (κ2) is 6.18. The fourth-order valence-electron chi connectivity index (χ4n) is 2.11. The highest BCUT2D eigenvalue weighted by Crippen LogP contribution is 2.31. The molecule has 7 heteroatoms. The fraction of sp³-hybridized carbons (Fsp3) is 0.125. The predicted molar refractivity (Wildman–Crippen MR) is 88.0 cm³/mol. The Kier molecular flexibility index (Phi) is 4.08. The lowest BCUT2D eigenvalue weighted by Gasteiger charge is -2.12. The number of nitrogens with one attached hydrogen (secondary N) is 1. The van der Waals surface area contributed by atoms with Gasteiger partial charge in [0.2, 0.25) is 0 Å². The third kappa shape index (κ3) is 3.07. The molecule has 0 radical (unpaired) electrons. The summed E-state index contributed by atoms with van der Waals surface area (Å²) in [6.07, 6.45) is 4.56. The monoisotopic (exact) mass is 328 g/mol. The zero-order valence-corrected chi connectivity index (χ0v) is 13.3. The Morgan fingerprint density at radius 1 is 1.17 bits per heavy atom. The van der Waals surface area contributed by atoms with Gasteiger partial charge in [0.05, 0.1) is 18.4 Å². The van der Waals surface area contributed by atoms with Crippen LogP contribution in [0.15, 0.2) is 36.8 Å². The van der Waals surface area contributed by atoms with Gasteiger partial charge in [-0.2, -0.15) is 0 Å². The Labute approximate surface area is 137 Å². The molecule has 0 saturated carbocycles. The molecule has 0 saturated heterocycles. The van der Waals surface area contributed by atoms with Crippen molar-refractivity contribution >= 4 is 34.4 Å². The van der Waals surface area contributed by atoms with Gasteiger partial charge in [0.15, 0.2) is 5.65 Å². The number of halogens is 1. The Morgan fingerprint density at radius 2 is 1.96 bits per heavy atom.